The first kappa shape index (κ1) is 31.4. The molecule has 1 amide bonds. The van der Waals surface area contributed by atoms with Gasteiger partial charge in [0.1, 0.15) is 5.75 Å². The summed E-state index contributed by atoms with van der Waals surface area (Å²) in [4.78, 5) is 15.8. The van der Waals surface area contributed by atoms with Crippen molar-refractivity contribution in [1.82, 2.24) is 4.72 Å². The monoisotopic (exact) mass is 640 g/mol. The molecule has 2 aliphatic heterocycles. The van der Waals surface area contributed by atoms with Crippen LogP contribution in [0.5, 0.6) is 5.75 Å². The summed E-state index contributed by atoms with van der Waals surface area (Å²) in [6, 6.07) is 11.5. The van der Waals surface area contributed by atoms with Crippen LogP contribution in [0.2, 0.25) is 5.02 Å². The van der Waals surface area contributed by atoms with Crippen LogP contribution >= 0.6 is 11.6 Å². The van der Waals surface area contributed by atoms with Crippen LogP contribution in [-0.4, -0.2) is 50.5 Å². The van der Waals surface area contributed by atoms with Gasteiger partial charge in [-0.3, -0.25) is 4.79 Å². The number of aliphatic hydroxyl groups is 1. The largest absolute Gasteiger partial charge is 0.490 e. The van der Waals surface area contributed by atoms with Gasteiger partial charge in [-0.1, -0.05) is 43.7 Å². The van der Waals surface area contributed by atoms with E-state index in [-0.39, 0.29) is 17.3 Å². The Bertz CT molecular complexity index is 1540. The number of benzene rings is 2. The average Bonchev–Trinajstić information content (AvgIpc) is 3.13. The lowest BCUT2D eigenvalue weighted by Gasteiger charge is -2.47. The van der Waals surface area contributed by atoms with Crippen LogP contribution in [0.3, 0.4) is 0 Å². The molecule has 2 heterocycles. The van der Waals surface area contributed by atoms with Gasteiger partial charge in [0.05, 0.1) is 23.6 Å². The van der Waals surface area contributed by atoms with E-state index in [4.69, 9.17) is 16.3 Å². The van der Waals surface area contributed by atoms with E-state index in [1.54, 1.807) is 19.1 Å². The highest BCUT2D eigenvalue weighted by Crippen LogP contribution is 2.48. The molecule has 6 rings (SSSR count). The van der Waals surface area contributed by atoms with Gasteiger partial charge in [0.2, 0.25) is 10.0 Å². The Morgan fingerprint density at radius 3 is 2.75 bits per heavy atom. The molecule has 4 aliphatic rings. The minimum Gasteiger partial charge on any atom is -0.490 e. The zero-order chi connectivity index (χ0) is 31.2. The number of hydrogen-bond acceptors (Lipinski definition) is 6. The molecule has 0 aromatic heterocycles. The number of rotatable bonds is 2. The summed E-state index contributed by atoms with van der Waals surface area (Å²) in [6.07, 6.45) is 10.0. The Kier molecular flexibility index (Phi) is 8.81. The maximum Gasteiger partial charge on any atom is 0.264 e. The summed E-state index contributed by atoms with van der Waals surface area (Å²) in [6.45, 7) is 7.55. The van der Waals surface area contributed by atoms with E-state index in [9.17, 15) is 18.3 Å². The van der Waals surface area contributed by atoms with Gasteiger partial charge in [-0.2, -0.15) is 0 Å². The molecule has 7 nitrogen and oxygen atoms in total. The lowest BCUT2D eigenvalue weighted by atomic mass is 9.64. The smallest absolute Gasteiger partial charge is 0.264 e. The second-order valence-corrected chi connectivity index (χ2v) is 16.1. The molecule has 1 spiro atoms. The SMILES string of the molecule is CC[C@H](O)[C@@H]1/C=C/C[C@H](C)[C@@H](C)S(=O)(=O)NC(=O)c2ccc3c(c2)N(C[C@@H]2CC[C@H]21)C[C@@]1(CCCc2cc(Cl)ccc21)CO3. The summed E-state index contributed by atoms with van der Waals surface area (Å²) in [5.41, 5.74) is 3.39. The van der Waals surface area contributed by atoms with Crippen molar-refractivity contribution in [2.24, 2.45) is 23.7 Å². The fourth-order valence-electron chi connectivity index (χ4n) is 7.92. The van der Waals surface area contributed by atoms with Gasteiger partial charge in [0, 0.05) is 35.0 Å². The van der Waals surface area contributed by atoms with Gasteiger partial charge in [-0.25, -0.2) is 13.1 Å². The number of amides is 1. The highest BCUT2D eigenvalue weighted by atomic mass is 35.5. The topological polar surface area (TPSA) is 95.9 Å². The molecule has 1 saturated carbocycles. The molecule has 44 heavy (non-hydrogen) atoms. The molecule has 2 bridgehead atoms. The number of nitrogens with one attached hydrogen (secondary N) is 1. The van der Waals surface area contributed by atoms with Gasteiger partial charge in [-0.05, 0) is 111 Å². The summed E-state index contributed by atoms with van der Waals surface area (Å²) in [5, 5.41) is 11.1. The Morgan fingerprint density at radius 1 is 1.18 bits per heavy atom. The number of hydrogen-bond donors (Lipinski definition) is 2. The minimum absolute atomic E-state index is 0.00557. The zero-order valence-corrected chi connectivity index (χ0v) is 27.5. The van der Waals surface area contributed by atoms with E-state index in [0.717, 1.165) is 49.4 Å². The van der Waals surface area contributed by atoms with Gasteiger partial charge in [0.25, 0.3) is 5.91 Å². The first-order valence-electron chi connectivity index (χ1n) is 16.2. The van der Waals surface area contributed by atoms with Crippen LogP contribution in [-0.2, 0) is 21.9 Å². The lowest BCUT2D eigenvalue weighted by Crippen LogP contribution is -2.49. The van der Waals surface area contributed by atoms with Gasteiger partial charge >= 0.3 is 0 Å². The van der Waals surface area contributed by atoms with Crippen molar-refractivity contribution >= 4 is 33.2 Å². The molecule has 0 radical (unpaired) electrons. The molecule has 7 atom stereocenters. The van der Waals surface area contributed by atoms with E-state index in [2.05, 4.69) is 27.8 Å². The predicted molar refractivity (Wildman–Crippen MR) is 175 cm³/mol. The highest BCUT2D eigenvalue weighted by molar-refractivity contribution is 7.90. The van der Waals surface area contributed by atoms with Crippen LogP contribution in [0.15, 0.2) is 48.6 Å². The molecule has 238 valence electrons. The summed E-state index contributed by atoms with van der Waals surface area (Å²) >= 11 is 6.42. The molecular formula is C35H45ClN2O5S. The molecular weight excluding hydrogens is 596 g/mol. The molecule has 9 heteroatoms. The standard InChI is InChI=1S/C35H45ClN2O5S/c1-4-32(39)29-9-5-7-22(2)23(3)44(41,42)37-34(40)25-11-15-33-31(18-25)38(19-26-10-13-28(26)29)20-35(21-43-33)16-6-8-24-17-27(36)12-14-30(24)35/h5,9,11-12,14-15,17-18,22-23,26,28-29,32,39H,4,6-8,10,13,16,19-21H2,1-3H3,(H,37,40)/b9-5+/t22-,23+,26-,28+,29+,32-,35-/m0/s1. The Morgan fingerprint density at radius 2 is 2.00 bits per heavy atom. The number of aliphatic hydroxyl groups excluding tert-OH is 1. The number of anilines is 1. The van der Waals surface area contributed by atoms with Crippen molar-refractivity contribution in [3.8, 4) is 5.75 Å². The summed E-state index contributed by atoms with van der Waals surface area (Å²) < 4.78 is 35.5. The minimum atomic E-state index is -3.92. The second-order valence-electron chi connectivity index (χ2n) is 13.7. The lowest BCUT2D eigenvalue weighted by molar-refractivity contribution is 0.0313. The van der Waals surface area contributed by atoms with E-state index >= 15 is 0 Å². The first-order chi connectivity index (χ1) is 21.0. The Hall–Kier alpha value is -2.55. The van der Waals surface area contributed by atoms with Crippen LogP contribution in [0.25, 0.3) is 0 Å². The van der Waals surface area contributed by atoms with Crippen molar-refractivity contribution in [2.75, 3.05) is 24.6 Å². The Balaban J connectivity index is 1.44. The van der Waals surface area contributed by atoms with Crippen molar-refractivity contribution < 1.29 is 23.1 Å². The van der Waals surface area contributed by atoms with Crippen molar-refractivity contribution in [3.63, 3.8) is 0 Å². The van der Waals surface area contributed by atoms with Gasteiger partial charge < -0.3 is 14.7 Å². The number of nitrogens with zero attached hydrogens (tertiary/aromatic N) is 1. The quantitative estimate of drug-likeness (QED) is 0.376. The van der Waals surface area contributed by atoms with E-state index < -0.39 is 27.3 Å². The van der Waals surface area contributed by atoms with E-state index in [1.807, 2.05) is 32.1 Å². The number of sulfonamides is 1. The molecule has 2 aromatic rings. The summed E-state index contributed by atoms with van der Waals surface area (Å²) in [5.74, 6) is 0.555. The van der Waals surface area contributed by atoms with E-state index in [0.29, 0.717) is 49.1 Å². The molecule has 0 saturated heterocycles. The fourth-order valence-corrected chi connectivity index (χ4v) is 9.40. The molecule has 1 fully saturated rings. The normalized spacial score (nSPS) is 33.1. The van der Waals surface area contributed by atoms with Crippen molar-refractivity contribution in [1.29, 1.82) is 0 Å². The van der Waals surface area contributed by atoms with Crippen LogP contribution in [0.4, 0.5) is 5.69 Å². The Labute approximate surface area is 267 Å². The van der Waals surface area contributed by atoms with Gasteiger partial charge in [-0.15, -0.1) is 0 Å². The maximum atomic E-state index is 13.4. The number of carbonyl (C=O) groups is 1. The fraction of sp³-hybridized carbons (Fsp3) is 0.571. The molecule has 2 aromatic carbocycles. The molecule has 2 N–H and O–H groups in total. The van der Waals surface area contributed by atoms with Crippen LogP contribution in [0.1, 0.15) is 80.8 Å². The number of carbonyl (C=O) groups excluding carboxylic acids is 1. The molecule has 2 aliphatic carbocycles. The van der Waals surface area contributed by atoms with Crippen molar-refractivity contribution in [3.05, 3.63) is 70.3 Å². The second kappa shape index (κ2) is 12.3. The molecule has 0 unspecified atom stereocenters. The first-order valence-corrected chi connectivity index (χ1v) is 18.1. The maximum absolute atomic E-state index is 13.4. The third-order valence-electron chi connectivity index (χ3n) is 11.0. The van der Waals surface area contributed by atoms with Crippen LogP contribution in [0, 0.1) is 23.7 Å². The third-order valence-corrected chi connectivity index (χ3v) is 13.1. The van der Waals surface area contributed by atoms with Gasteiger partial charge in [0.15, 0.2) is 0 Å². The highest BCUT2D eigenvalue weighted by Gasteiger charge is 2.45. The van der Waals surface area contributed by atoms with E-state index in [1.165, 1.54) is 11.1 Å². The number of aryl methyl sites for hydroxylation is 1. The predicted octanol–water partition coefficient (Wildman–Crippen LogP) is 6.27. The number of fused-ring (bicyclic) bond motifs is 4. The number of allylic oxidation sites excluding steroid dienone is 1. The number of halogens is 1. The third kappa shape index (κ3) is 5.90. The number of ether oxygens (including phenoxy) is 1. The van der Waals surface area contributed by atoms with Crippen molar-refractivity contribution in [2.45, 2.75) is 82.5 Å². The average molecular weight is 641 g/mol. The zero-order valence-electron chi connectivity index (χ0n) is 26.0. The summed E-state index contributed by atoms with van der Waals surface area (Å²) in [7, 11) is -3.92. The van der Waals surface area contributed by atoms with Crippen LogP contribution < -0.4 is 14.4 Å².